The molecule has 3 N–H and O–H groups in total. The van der Waals surface area contributed by atoms with E-state index in [1.807, 2.05) is 85.7 Å². The average Bonchev–Trinajstić information content (AvgIpc) is 3.99. The van der Waals surface area contributed by atoms with Crippen LogP contribution < -0.4 is 5.73 Å². The molecule has 2 aromatic heterocycles. The average molecular weight is 751 g/mol. The number of nitrogens with zero attached hydrogens (tertiary/aromatic N) is 4. The van der Waals surface area contributed by atoms with Crippen molar-refractivity contribution in [1.29, 1.82) is 0 Å². The summed E-state index contributed by atoms with van der Waals surface area (Å²) in [6, 6.07) is 57.7. The number of benzene rings is 6. The maximum Gasteiger partial charge on any atom is 0.123 e. The molecule has 2 heterocycles. The van der Waals surface area contributed by atoms with Crippen molar-refractivity contribution in [1.82, 2.24) is 19.1 Å². The van der Waals surface area contributed by atoms with Crippen LogP contribution in [0.5, 0.6) is 0 Å². The van der Waals surface area contributed by atoms with Crippen LogP contribution >= 0.6 is 23.2 Å². The molecule has 8 heteroatoms. The number of aliphatic hydroxyl groups excluding tert-OH is 1. The zero-order valence-electron chi connectivity index (χ0n) is 29.6. The molecule has 0 aliphatic rings. The Labute approximate surface area is 326 Å². The predicted molar refractivity (Wildman–Crippen MR) is 220 cm³/mol. The first-order valence-electron chi connectivity index (χ1n) is 17.6. The van der Waals surface area contributed by atoms with Gasteiger partial charge in [-0.05, 0) is 34.4 Å². The monoisotopic (exact) mass is 749 g/mol. The largest absolute Gasteiger partial charge is 0.395 e. The van der Waals surface area contributed by atoms with Crippen molar-refractivity contribution in [2.45, 2.75) is 11.1 Å². The Bertz CT molecular complexity index is 2020. The molecular weight excluding hydrogens is 709 g/mol. The molecule has 0 amide bonds. The normalized spacial score (nSPS) is 11.1. The molecule has 0 unspecified atom stereocenters. The fourth-order valence-corrected chi connectivity index (χ4v) is 7.52. The van der Waals surface area contributed by atoms with Crippen molar-refractivity contribution in [3.8, 4) is 0 Å². The second kappa shape index (κ2) is 18.3. The summed E-state index contributed by atoms with van der Waals surface area (Å²) < 4.78 is 4.25. The number of rotatable bonds is 9. The molecule has 0 aliphatic heterocycles. The highest BCUT2D eigenvalue weighted by molar-refractivity contribution is 6.32. The zero-order chi connectivity index (χ0) is 37.6. The van der Waals surface area contributed by atoms with Crippen LogP contribution in [-0.2, 0) is 11.1 Å². The third-order valence-corrected chi connectivity index (χ3v) is 9.87. The number of nitrogens with two attached hydrogens (primary N) is 1. The van der Waals surface area contributed by atoms with E-state index in [0.29, 0.717) is 6.54 Å². The molecule has 0 aliphatic carbocycles. The molecule has 0 atom stereocenters. The molecule has 6 aromatic carbocycles. The molecule has 270 valence electrons. The van der Waals surface area contributed by atoms with Crippen LogP contribution in [0.3, 0.4) is 0 Å². The Kier molecular flexibility index (Phi) is 12.9. The summed E-state index contributed by atoms with van der Waals surface area (Å²) >= 11 is 13.4. The van der Waals surface area contributed by atoms with E-state index in [2.05, 4.69) is 128 Å². The summed E-state index contributed by atoms with van der Waals surface area (Å²) in [6.07, 6.45) is 11.3. The lowest BCUT2D eigenvalue weighted by Crippen LogP contribution is -2.37. The minimum absolute atomic E-state index is 0.0972. The van der Waals surface area contributed by atoms with Gasteiger partial charge in [-0.3, -0.25) is 0 Å². The number of aromatic nitrogens is 4. The molecule has 0 fully saturated rings. The van der Waals surface area contributed by atoms with E-state index in [4.69, 9.17) is 34.0 Å². The Morgan fingerprint density at radius 3 is 0.981 bits per heavy atom. The summed E-state index contributed by atoms with van der Waals surface area (Å²) in [6.45, 7) is 0.472. The molecule has 0 saturated heterocycles. The summed E-state index contributed by atoms with van der Waals surface area (Å²) in [4.78, 5) is 8.63. The van der Waals surface area contributed by atoms with Gasteiger partial charge in [0, 0.05) is 52.5 Å². The fourth-order valence-electron chi connectivity index (χ4n) is 6.97. The smallest absolute Gasteiger partial charge is 0.123 e. The van der Waals surface area contributed by atoms with Crippen LogP contribution in [0.25, 0.3) is 0 Å². The number of imidazole rings is 2. The third-order valence-electron chi connectivity index (χ3n) is 9.21. The van der Waals surface area contributed by atoms with Gasteiger partial charge in [0.1, 0.15) is 11.1 Å². The first-order chi connectivity index (χ1) is 26.6. The van der Waals surface area contributed by atoms with E-state index in [9.17, 15) is 0 Å². The quantitative estimate of drug-likeness (QED) is 0.144. The highest BCUT2D eigenvalue weighted by Crippen LogP contribution is 2.44. The van der Waals surface area contributed by atoms with Gasteiger partial charge in [-0.25, -0.2) is 9.97 Å². The van der Waals surface area contributed by atoms with Gasteiger partial charge < -0.3 is 20.0 Å². The Hall–Kier alpha value is -5.76. The van der Waals surface area contributed by atoms with Gasteiger partial charge in [0.25, 0.3) is 0 Å². The molecule has 6 nitrogen and oxygen atoms in total. The number of hydrogen-bond acceptors (Lipinski definition) is 4. The molecule has 0 saturated carbocycles. The standard InChI is InChI=1S/2C22H17ClN2.C2H7NO/c2*23-21-14-8-7-13-20(21)22(25-16-15-24-17-25,18-9-3-1-4-10-18)19-11-5-2-6-12-19;3-1-2-4/h2*1-17H;4H,1-3H2. The van der Waals surface area contributed by atoms with Crippen molar-refractivity contribution in [2.24, 2.45) is 5.73 Å². The van der Waals surface area contributed by atoms with E-state index in [-0.39, 0.29) is 6.61 Å². The van der Waals surface area contributed by atoms with Crippen LogP contribution in [0.4, 0.5) is 0 Å². The minimum Gasteiger partial charge on any atom is -0.395 e. The number of aliphatic hydroxyl groups is 1. The topological polar surface area (TPSA) is 81.9 Å². The summed E-state index contributed by atoms with van der Waals surface area (Å²) in [5, 5.41) is 9.20. The van der Waals surface area contributed by atoms with Gasteiger partial charge in [-0.1, -0.05) is 181 Å². The lowest BCUT2D eigenvalue weighted by molar-refractivity contribution is 0.306. The highest BCUT2D eigenvalue weighted by Gasteiger charge is 2.40. The van der Waals surface area contributed by atoms with Crippen molar-refractivity contribution in [3.63, 3.8) is 0 Å². The van der Waals surface area contributed by atoms with Crippen molar-refractivity contribution in [2.75, 3.05) is 13.2 Å². The van der Waals surface area contributed by atoms with Crippen LogP contribution in [0.2, 0.25) is 10.0 Å². The Balaban J connectivity index is 0.000000168. The minimum atomic E-state index is -0.586. The van der Waals surface area contributed by atoms with Gasteiger partial charge in [-0.2, -0.15) is 0 Å². The van der Waals surface area contributed by atoms with Gasteiger partial charge in [0.15, 0.2) is 0 Å². The first kappa shape index (κ1) is 38.0. The second-order valence-electron chi connectivity index (χ2n) is 12.3. The maximum atomic E-state index is 7.75. The van der Waals surface area contributed by atoms with Gasteiger partial charge in [-0.15, -0.1) is 0 Å². The molecule has 8 rings (SSSR count). The lowest BCUT2D eigenvalue weighted by Gasteiger charge is -2.37. The van der Waals surface area contributed by atoms with Gasteiger partial charge in [0.2, 0.25) is 0 Å². The second-order valence-corrected chi connectivity index (χ2v) is 13.1. The third kappa shape index (κ3) is 7.65. The zero-order valence-corrected chi connectivity index (χ0v) is 31.1. The van der Waals surface area contributed by atoms with Crippen molar-refractivity contribution < 1.29 is 5.11 Å². The molecule has 54 heavy (non-hydrogen) atoms. The van der Waals surface area contributed by atoms with Crippen LogP contribution in [0.15, 0.2) is 207 Å². The SMILES string of the molecule is Clc1ccccc1C(c1ccccc1)(c1ccccc1)n1ccnc1.Clc1ccccc1C(c1ccccc1)(c1ccccc1)n1ccnc1.NCCO. The Morgan fingerprint density at radius 1 is 0.463 bits per heavy atom. The highest BCUT2D eigenvalue weighted by atomic mass is 35.5. The van der Waals surface area contributed by atoms with Gasteiger partial charge in [0.05, 0.1) is 19.3 Å². The molecule has 0 bridgehead atoms. The van der Waals surface area contributed by atoms with Crippen LogP contribution in [0, 0.1) is 0 Å². The van der Waals surface area contributed by atoms with E-state index in [0.717, 1.165) is 43.4 Å². The van der Waals surface area contributed by atoms with E-state index in [1.165, 1.54) is 0 Å². The van der Waals surface area contributed by atoms with Gasteiger partial charge >= 0.3 is 0 Å². The summed E-state index contributed by atoms with van der Waals surface area (Å²) in [5.41, 5.74) is 10.2. The summed E-state index contributed by atoms with van der Waals surface area (Å²) in [7, 11) is 0. The molecular formula is C46H41Cl2N5O. The van der Waals surface area contributed by atoms with E-state index in [1.54, 1.807) is 12.4 Å². The first-order valence-corrected chi connectivity index (χ1v) is 18.3. The maximum absolute atomic E-state index is 7.75. The lowest BCUT2D eigenvalue weighted by atomic mass is 9.76. The summed E-state index contributed by atoms with van der Waals surface area (Å²) in [5.74, 6) is 0. The van der Waals surface area contributed by atoms with Crippen molar-refractivity contribution in [3.05, 3.63) is 251 Å². The fraction of sp³-hybridized carbons (Fsp3) is 0.0870. The predicted octanol–water partition coefficient (Wildman–Crippen LogP) is 9.69. The molecule has 0 radical (unpaired) electrons. The van der Waals surface area contributed by atoms with Crippen LogP contribution in [-0.4, -0.2) is 37.4 Å². The molecule has 8 aromatic rings. The van der Waals surface area contributed by atoms with E-state index >= 15 is 0 Å². The Morgan fingerprint density at radius 2 is 0.741 bits per heavy atom. The van der Waals surface area contributed by atoms with E-state index < -0.39 is 11.1 Å². The van der Waals surface area contributed by atoms with Crippen molar-refractivity contribution >= 4 is 23.2 Å². The van der Waals surface area contributed by atoms with Crippen LogP contribution in [0.1, 0.15) is 33.4 Å². The number of halogens is 2. The number of hydrogen-bond donors (Lipinski definition) is 2. The molecule has 0 spiro atoms.